The average molecular weight is 305 g/mol. The van der Waals surface area contributed by atoms with Gasteiger partial charge in [-0.15, -0.1) is 0 Å². The van der Waals surface area contributed by atoms with Gasteiger partial charge in [0.15, 0.2) is 0 Å². The van der Waals surface area contributed by atoms with Crippen LogP contribution >= 0.6 is 34.8 Å². The standard InChI is InChI=1S/C12H12Cl3N3/c13-12(14,15)11(16)17-6-5-8-7-18-10-4-2-1-3-9(8)10/h1-4,7,18H,5-6H2,(H2,16,17). The van der Waals surface area contributed by atoms with Crippen LogP contribution in [0.15, 0.2) is 35.5 Å². The Morgan fingerprint density at radius 2 is 2.00 bits per heavy atom. The highest BCUT2D eigenvalue weighted by Gasteiger charge is 2.24. The van der Waals surface area contributed by atoms with Crippen molar-refractivity contribution >= 4 is 51.5 Å². The number of halogens is 3. The number of hydrogen-bond donors (Lipinski definition) is 2. The van der Waals surface area contributed by atoms with Crippen LogP contribution in [0.3, 0.4) is 0 Å². The van der Waals surface area contributed by atoms with Crippen LogP contribution in [0, 0.1) is 0 Å². The Balaban J connectivity index is 2.07. The normalized spacial score (nSPS) is 13.2. The molecule has 1 aromatic carbocycles. The van der Waals surface area contributed by atoms with Crippen LogP contribution < -0.4 is 5.73 Å². The molecule has 0 saturated heterocycles. The largest absolute Gasteiger partial charge is 0.384 e. The maximum absolute atomic E-state index is 5.61. The summed E-state index contributed by atoms with van der Waals surface area (Å²) in [6.07, 6.45) is 2.71. The minimum absolute atomic E-state index is 0.0207. The first-order valence-electron chi connectivity index (χ1n) is 5.40. The SMILES string of the molecule is NC(=NCCc1c[nH]c2ccccc12)C(Cl)(Cl)Cl. The molecule has 3 nitrogen and oxygen atoms in total. The molecule has 0 amide bonds. The molecule has 2 aromatic rings. The van der Waals surface area contributed by atoms with E-state index in [1.807, 2.05) is 24.4 Å². The van der Waals surface area contributed by atoms with Gasteiger partial charge >= 0.3 is 0 Å². The van der Waals surface area contributed by atoms with Gasteiger partial charge in [0, 0.05) is 23.6 Å². The van der Waals surface area contributed by atoms with E-state index in [-0.39, 0.29) is 5.84 Å². The summed E-state index contributed by atoms with van der Waals surface area (Å²) in [5, 5.41) is 1.18. The monoisotopic (exact) mass is 303 g/mol. The van der Waals surface area contributed by atoms with Crippen molar-refractivity contribution in [3.63, 3.8) is 0 Å². The molecule has 0 spiro atoms. The van der Waals surface area contributed by atoms with E-state index in [0.717, 1.165) is 11.9 Å². The lowest BCUT2D eigenvalue weighted by atomic mass is 10.1. The van der Waals surface area contributed by atoms with Crippen molar-refractivity contribution in [3.05, 3.63) is 36.0 Å². The van der Waals surface area contributed by atoms with Crippen LogP contribution in [0.5, 0.6) is 0 Å². The summed E-state index contributed by atoms with van der Waals surface area (Å²) >= 11 is 16.8. The van der Waals surface area contributed by atoms with Crippen molar-refractivity contribution in [1.82, 2.24) is 4.98 Å². The van der Waals surface area contributed by atoms with Crippen molar-refractivity contribution in [1.29, 1.82) is 0 Å². The number of aromatic nitrogens is 1. The van der Waals surface area contributed by atoms with Crippen molar-refractivity contribution in [2.45, 2.75) is 10.2 Å². The Morgan fingerprint density at radius 3 is 2.72 bits per heavy atom. The van der Waals surface area contributed by atoms with Gasteiger partial charge in [0.25, 0.3) is 0 Å². The minimum Gasteiger partial charge on any atom is -0.384 e. The molecular weight excluding hydrogens is 293 g/mol. The summed E-state index contributed by atoms with van der Waals surface area (Å²) in [6.45, 7) is 0.488. The number of nitrogens with zero attached hydrogens (tertiary/aromatic N) is 1. The smallest absolute Gasteiger partial charge is 0.247 e. The number of H-pyrrole nitrogens is 1. The highest BCUT2D eigenvalue weighted by atomic mass is 35.6. The number of aromatic amines is 1. The van der Waals surface area contributed by atoms with E-state index >= 15 is 0 Å². The Labute approximate surface area is 120 Å². The summed E-state index contributed by atoms with van der Waals surface area (Å²) in [4.78, 5) is 7.26. The van der Waals surface area contributed by atoms with Gasteiger partial charge in [-0.25, -0.2) is 0 Å². The van der Waals surface area contributed by atoms with Gasteiger partial charge in [-0.1, -0.05) is 53.0 Å². The number of benzene rings is 1. The first-order chi connectivity index (χ1) is 8.48. The number of aliphatic imine (C=N–C) groups is 1. The number of amidine groups is 1. The fraction of sp³-hybridized carbons (Fsp3) is 0.250. The summed E-state index contributed by atoms with van der Waals surface area (Å²) in [5.41, 5.74) is 7.82. The van der Waals surface area contributed by atoms with E-state index < -0.39 is 3.79 Å². The second-order valence-electron chi connectivity index (χ2n) is 3.87. The lowest BCUT2D eigenvalue weighted by Gasteiger charge is -2.09. The van der Waals surface area contributed by atoms with Crippen LogP contribution in [0.1, 0.15) is 5.56 Å². The predicted octanol–water partition coefficient (Wildman–Crippen LogP) is 3.44. The molecule has 0 saturated carbocycles. The Bertz CT molecular complexity index is 569. The zero-order valence-electron chi connectivity index (χ0n) is 9.46. The third-order valence-electron chi connectivity index (χ3n) is 2.63. The Kier molecular flexibility index (Phi) is 4.05. The maximum Gasteiger partial charge on any atom is 0.247 e. The van der Waals surface area contributed by atoms with Gasteiger partial charge in [0.05, 0.1) is 0 Å². The average Bonchev–Trinajstić information content (AvgIpc) is 2.71. The predicted molar refractivity (Wildman–Crippen MR) is 78.8 cm³/mol. The van der Waals surface area contributed by atoms with Crippen molar-refractivity contribution in [2.24, 2.45) is 10.7 Å². The second-order valence-corrected chi connectivity index (χ2v) is 6.16. The number of nitrogens with two attached hydrogens (primary N) is 1. The number of nitrogens with one attached hydrogen (secondary N) is 1. The molecule has 2 rings (SSSR count). The van der Waals surface area contributed by atoms with Crippen LogP contribution in [0.4, 0.5) is 0 Å². The van der Waals surface area contributed by atoms with Crippen LogP contribution in [0.25, 0.3) is 10.9 Å². The molecule has 96 valence electrons. The van der Waals surface area contributed by atoms with E-state index in [1.54, 1.807) is 0 Å². The third-order valence-corrected chi connectivity index (χ3v) is 3.21. The molecular formula is C12H12Cl3N3. The first kappa shape index (κ1) is 13.5. The second kappa shape index (κ2) is 5.39. The lowest BCUT2D eigenvalue weighted by Crippen LogP contribution is -2.28. The van der Waals surface area contributed by atoms with E-state index in [4.69, 9.17) is 40.5 Å². The molecule has 0 atom stereocenters. The van der Waals surface area contributed by atoms with Gasteiger partial charge in [0.2, 0.25) is 3.79 Å². The van der Waals surface area contributed by atoms with Crippen molar-refractivity contribution in [3.8, 4) is 0 Å². The molecule has 1 heterocycles. The topological polar surface area (TPSA) is 54.2 Å². The summed E-state index contributed by atoms with van der Waals surface area (Å²) in [7, 11) is 0. The molecule has 18 heavy (non-hydrogen) atoms. The Hall–Kier alpha value is -0.900. The number of hydrogen-bond acceptors (Lipinski definition) is 1. The molecule has 6 heteroatoms. The zero-order chi connectivity index (χ0) is 13.2. The highest BCUT2D eigenvalue weighted by molar-refractivity contribution is 6.76. The zero-order valence-corrected chi connectivity index (χ0v) is 11.7. The van der Waals surface area contributed by atoms with E-state index in [1.165, 1.54) is 10.9 Å². The van der Waals surface area contributed by atoms with E-state index in [0.29, 0.717) is 6.54 Å². The molecule has 3 N–H and O–H groups in total. The molecule has 0 unspecified atom stereocenters. The van der Waals surface area contributed by atoms with Gasteiger partial charge in [-0.05, 0) is 18.1 Å². The van der Waals surface area contributed by atoms with Crippen LogP contribution in [0.2, 0.25) is 0 Å². The van der Waals surface area contributed by atoms with E-state index in [2.05, 4.69) is 16.0 Å². The molecule has 1 aromatic heterocycles. The fourth-order valence-electron chi connectivity index (χ4n) is 1.72. The number of rotatable bonds is 3. The van der Waals surface area contributed by atoms with Crippen molar-refractivity contribution in [2.75, 3.05) is 6.54 Å². The van der Waals surface area contributed by atoms with Crippen LogP contribution in [-0.4, -0.2) is 21.2 Å². The lowest BCUT2D eigenvalue weighted by molar-refractivity contribution is 0.967. The Morgan fingerprint density at radius 1 is 1.28 bits per heavy atom. The quantitative estimate of drug-likeness (QED) is 0.509. The third kappa shape index (κ3) is 3.10. The molecule has 0 bridgehead atoms. The summed E-state index contributed by atoms with van der Waals surface area (Å²) in [5.74, 6) is 0.0207. The number of alkyl halides is 3. The number of fused-ring (bicyclic) bond motifs is 1. The minimum atomic E-state index is -1.62. The van der Waals surface area contributed by atoms with Crippen molar-refractivity contribution < 1.29 is 0 Å². The summed E-state index contributed by atoms with van der Waals surface area (Å²) in [6, 6.07) is 8.07. The maximum atomic E-state index is 5.61. The molecule has 0 fully saturated rings. The molecule has 0 aliphatic carbocycles. The van der Waals surface area contributed by atoms with E-state index in [9.17, 15) is 0 Å². The molecule has 0 aliphatic heterocycles. The fourth-order valence-corrected chi connectivity index (χ4v) is 1.90. The summed E-state index contributed by atoms with van der Waals surface area (Å²) < 4.78 is -1.62. The first-order valence-corrected chi connectivity index (χ1v) is 6.54. The van der Waals surface area contributed by atoms with Gasteiger partial charge in [0.1, 0.15) is 5.84 Å². The van der Waals surface area contributed by atoms with Gasteiger partial charge < -0.3 is 10.7 Å². The van der Waals surface area contributed by atoms with Crippen LogP contribution in [-0.2, 0) is 6.42 Å². The molecule has 0 aliphatic rings. The van der Waals surface area contributed by atoms with Gasteiger partial charge in [-0.2, -0.15) is 0 Å². The highest BCUT2D eigenvalue weighted by Crippen LogP contribution is 2.26. The van der Waals surface area contributed by atoms with Gasteiger partial charge in [-0.3, -0.25) is 4.99 Å². The number of para-hydroxylation sites is 1. The molecule has 0 radical (unpaired) electrons.